The Balaban J connectivity index is 2.11. The average Bonchev–Trinajstić information content (AvgIpc) is 2.62. The molecule has 2 aromatic rings. The quantitative estimate of drug-likeness (QED) is 0.649. The summed E-state index contributed by atoms with van der Waals surface area (Å²) >= 11 is 0. The zero-order valence-corrected chi connectivity index (χ0v) is 14.5. The standard InChI is InChI=1S/C17H16N4O3S/c1-21(2)25(23,24)16-5-3-4-15(10-16)17(22)20-19-12-14-8-6-13(11-18)7-9-14/h3-10,12H,1-2H3,(H,20,22)/b19-12-. The molecule has 0 aliphatic carbocycles. The van der Waals surface area contributed by atoms with E-state index in [4.69, 9.17) is 5.26 Å². The summed E-state index contributed by atoms with van der Waals surface area (Å²) in [6.07, 6.45) is 1.43. The summed E-state index contributed by atoms with van der Waals surface area (Å²) in [4.78, 5) is 12.1. The van der Waals surface area contributed by atoms with Gasteiger partial charge in [0, 0.05) is 19.7 Å². The van der Waals surface area contributed by atoms with Crippen LogP contribution in [0.5, 0.6) is 0 Å². The molecule has 1 amide bonds. The van der Waals surface area contributed by atoms with Gasteiger partial charge in [-0.15, -0.1) is 0 Å². The van der Waals surface area contributed by atoms with E-state index in [1.807, 2.05) is 6.07 Å². The van der Waals surface area contributed by atoms with Gasteiger partial charge in [0.05, 0.1) is 22.7 Å². The smallest absolute Gasteiger partial charge is 0.267 e. The van der Waals surface area contributed by atoms with Crippen molar-refractivity contribution < 1.29 is 13.2 Å². The topological polar surface area (TPSA) is 103 Å². The first-order chi connectivity index (χ1) is 11.8. The second-order valence-corrected chi connectivity index (χ2v) is 7.40. The molecule has 0 aliphatic rings. The number of nitrogens with zero attached hydrogens (tertiary/aromatic N) is 3. The van der Waals surface area contributed by atoms with Crippen LogP contribution in [0.2, 0.25) is 0 Å². The number of carbonyl (C=O) groups excluding carboxylic acids is 1. The number of hydrazone groups is 1. The summed E-state index contributed by atoms with van der Waals surface area (Å²) in [7, 11) is -0.773. The minimum atomic E-state index is -3.61. The first kappa shape index (κ1) is 18.3. The van der Waals surface area contributed by atoms with Crippen LogP contribution in [0, 0.1) is 11.3 Å². The van der Waals surface area contributed by atoms with Gasteiger partial charge in [-0.2, -0.15) is 10.4 Å². The van der Waals surface area contributed by atoms with Crippen molar-refractivity contribution in [3.8, 4) is 6.07 Å². The Labute approximate surface area is 146 Å². The lowest BCUT2D eigenvalue weighted by Crippen LogP contribution is -2.23. The molecule has 2 rings (SSSR count). The lowest BCUT2D eigenvalue weighted by molar-refractivity contribution is 0.0955. The Kier molecular flexibility index (Phi) is 5.64. The molecule has 0 atom stereocenters. The second kappa shape index (κ2) is 7.70. The number of hydrogen-bond acceptors (Lipinski definition) is 5. The molecule has 25 heavy (non-hydrogen) atoms. The molecule has 8 heteroatoms. The molecular weight excluding hydrogens is 340 g/mol. The molecule has 0 spiro atoms. The lowest BCUT2D eigenvalue weighted by atomic mass is 10.2. The molecule has 7 nitrogen and oxygen atoms in total. The normalized spacial score (nSPS) is 11.4. The summed E-state index contributed by atoms with van der Waals surface area (Å²) in [6.45, 7) is 0. The van der Waals surface area contributed by atoms with Crippen LogP contribution in [0.4, 0.5) is 0 Å². The molecule has 0 fully saturated rings. The fraction of sp³-hybridized carbons (Fsp3) is 0.118. The Bertz CT molecular complexity index is 943. The van der Waals surface area contributed by atoms with Crippen molar-refractivity contribution in [2.75, 3.05) is 14.1 Å². The van der Waals surface area contributed by atoms with E-state index in [-0.39, 0.29) is 10.5 Å². The second-order valence-electron chi connectivity index (χ2n) is 5.25. The highest BCUT2D eigenvalue weighted by Crippen LogP contribution is 2.14. The Hall–Kier alpha value is -3.02. The summed E-state index contributed by atoms with van der Waals surface area (Å²) in [6, 6.07) is 14.4. The van der Waals surface area contributed by atoms with Crippen LogP contribution in [0.15, 0.2) is 58.5 Å². The predicted molar refractivity (Wildman–Crippen MR) is 93.5 cm³/mol. The van der Waals surface area contributed by atoms with Crippen LogP contribution in [0.1, 0.15) is 21.5 Å². The van der Waals surface area contributed by atoms with Crippen molar-refractivity contribution in [3.63, 3.8) is 0 Å². The molecule has 0 unspecified atom stereocenters. The summed E-state index contributed by atoms with van der Waals surface area (Å²) in [5, 5.41) is 12.6. The molecule has 0 saturated carbocycles. The highest BCUT2D eigenvalue weighted by atomic mass is 32.2. The molecule has 1 N–H and O–H groups in total. The number of carbonyl (C=O) groups is 1. The van der Waals surface area contributed by atoms with Gasteiger partial charge in [0.15, 0.2) is 0 Å². The van der Waals surface area contributed by atoms with Crippen molar-refractivity contribution in [2.45, 2.75) is 4.90 Å². The van der Waals surface area contributed by atoms with E-state index >= 15 is 0 Å². The molecule has 0 saturated heterocycles. The number of sulfonamides is 1. The third-order valence-electron chi connectivity index (χ3n) is 3.29. The highest BCUT2D eigenvalue weighted by molar-refractivity contribution is 7.89. The maximum absolute atomic E-state index is 12.1. The van der Waals surface area contributed by atoms with Crippen molar-refractivity contribution in [1.82, 2.24) is 9.73 Å². The minimum absolute atomic E-state index is 0.0289. The van der Waals surface area contributed by atoms with Crippen LogP contribution in [-0.2, 0) is 10.0 Å². The van der Waals surface area contributed by atoms with E-state index in [1.165, 1.54) is 44.6 Å². The minimum Gasteiger partial charge on any atom is -0.267 e. The van der Waals surface area contributed by atoms with Crippen molar-refractivity contribution in [2.24, 2.45) is 5.10 Å². The first-order valence-electron chi connectivity index (χ1n) is 7.21. The van der Waals surface area contributed by atoms with Crippen molar-refractivity contribution in [3.05, 3.63) is 65.2 Å². The van der Waals surface area contributed by atoms with Crippen LogP contribution < -0.4 is 5.43 Å². The zero-order valence-electron chi connectivity index (χ0n) is 13.7. The Morgan fingerprint density at radius 3 is 2.48 bits per heavy atom. The van der Waals surface area contributed by atoms with Crippen LogP contribution >= 0.6 is 0 Å². The van der Waals surface area contributed by atoms with Crippen LogP contribution in [0.25, 0.3) is 0 Å². The summed E-state index contributed by atoms with van der Waals surface area (Å²) in [5.41, 5.74) is 3.76. The van der Waals surface area contributed by atoms with Crippen LogP contribution in [-0.4, -0.2) is 38.9 Å². The molecular formula is C17H16N4O3S. The van der Waals surface area contributed by atoms with Gasteiger partial charge in [-0.1, -0.05) is 18.2 Å². The first-order valence-corrected chi connectivity index (χ1v) is 8.65. The zero-order chi connectivity index (χ0) is 18.4. The van der Waals surface area contributed by atoms with Crippen molar-refractivity contribution in [1.29, 1.82) is 5.26 Å². The lowest BCUT2D eigenvalue weighted by Gasteiger charge is -2.11. The van der Waals surface area contributed by atoms with Gasteiger partial charge in [-0.25, -0.2) is 18.1 Å². The third-order valence-corrected chi connectivity index (χ3v) is 5.11. The van der Waals surface area contributed by atoms with Gasteiger partial charge >= 0.3 is 0 Å². The number of benzene rings is 2. The van der Waals surface area contributed by atoms with Gasteiger partial charge in [0.25, 0.3) is 5.91 Å². The average molecular weight is 356 g/mol. The molecule has 0 bridgehead atoms. The highest BCUT2D eigenvalue weighted by Gasteiger charge is 2.18. The monoisotopic (exact) mass is 356 g/mol. The fourth-order valence-corrected chi connectivity index (χ4v) is 2.83. The molecule has 0 heterocycles. The van der Waals surface area contributed by atoms with Gasteiger partial charge < -0.3 is 0 Å². The largest absolute Gasteiger partial charge is 0.271 e. The van der Waals surface area contributed by atoms with Crippen molar-refractivity contribution >= 4 is 22.1 Å². The van der Waals surface area contributed by atoms with E-state index in [1.54, 1.807) is 24.3 Å². The maximum Gasteiger partial charge on any atom is 0.271 e. The maximum atomic E-state index is 12.1. The number of nitriles is 1. The van der Waals surface area contributed by atoms with Crippen LogP contribution in [0.3, 0.4) is 0 Å². The SMILES string of the molecule is CN(C)S(=O)(=O)c1cccc(C(=O)N/N=C\c2ccc(C#N)cc2)c1. The number of nitrogens with one attached hydrogen (secondary N) is 1. The van der Waals surface area contributed by atoms with Gasteiger partial charge in [0.1, 0.15) is 0 Å². The Morgan fingerprint density at radius 2 is 1.88 bits per heavy atom. The van der Waals surface area contributed by atoms with E-state index in [0.29, 0.717) is 11.1 Å². The number of rotatable bonds is 5. The van der Waals surface area contributed by atoms with E-state index in [0.717, 1.165) is 4.31 Å². The van der Waals surface area contributed by atoms with Gasteiger partial charge in [-0.05, 0) is 35.9 Å². The van der Waals surface area contributed by atoms with E-state index in [2.05, 4.69) is 10.5 Å². The third kappa shape index (κ3) is 4.50. The van der Waals surface area contributed by atoms with Gasteiger partial charge in [-0.3, -0.25) is 4.79 Å². The van der Waals surface area contributed by atoms with E-state index in [9.17, 15) is 13.2 Å². The van der Waals surface area contributed by atoms with Gasteiger partial charge in [0.2, 0.25) is 10.0 Å². The molecule has 128 valence electrons. The fourth-order valence-electron chi connectivity index (χ4n) is 1.88. The predicted octanol–water partition coefficient (Wildman–Crippen LogP) is 1.57. The summed E-state index contributed by atoms with van der Waals surface area (Å²) < 4.78 is 25.3. The summed E-state index contributed by atoms with van der Waals surface area (Å²) in [5.74, 6) is -0.527. The molecule has 0 aromatic heterocycles. The molecule has 0 radical (unpaired) electrons. The molecule has 0 aliphatic heterocycles. The molecule has 2 aromatic carbocycles. The number of amides is 1. The Morgan fingerprint density at radius 1 is 1.20 bits per heavy atom. The van der Waals surface area contributed by atoms with E-state index < -0.39 is 15.9 Å². The number of hydrogen-bond donors (Lipinski definition) is 1.